The van der Waals surface area contributed by atoms with E-state index >= 15 is 0 Å². The molecule has 1 aromatic carbocycles. The largest absolute Gasteiger partial charge is 0.507 e. The molecule has 0 fully saturated rings. The number of hydrogen-bond donors (Lipinski definition) is 2. The number of rotatable bonds is 8. The van der Waals surface area contributed by atoms with Gasteiger partial charge in [0.05, 0.1) is 17.4 Å². The Hall–Kier alpha value is -2.06. The predicted molar refractivity (Wildman–Crippen MR) is 120 cm³/mol. The van der Waals surface area contributed by atoms with Crippen molar-refractivity contribution in [3.8, 4) is 5.75 Å². The van der Waals surface area contributed by atoms with E-state index in [0.717, 1.165) is 17.9 Å². The zero-order valence-electron chi connectivity index (χ0n) is 17.7. The minimum absolute atomic E-state index is 0.0109. The third-order valence-corrected chi connectivity index (χ3v) is 7.91. The summed E-state index contributed by atoms with van der Waals surface area (Å²) in [5.41, 5.74) is 0.320. The molecule has 0 atom stereocenters. The Labute approximate surface area is 207 Å². The van der Waals surface area contributed by atoms with Crippen LogP contribution >= 0.6 is 34.5 Å². The molecule has 0 saturated carbocycles. The van der Waals surface area contributed by atoms with E-state index in [1.807, 2.05) is 19.0 Å². The molecule has 0 amide bonds. The van der Waals surface area contributed by atoms with Crippen LogP contribution in [-0.4, -0.2) is 68.9 Å². The number of halogens is 5. The van der Waals surface area contributed by atoms with Crippen molar-refractivity contribution in [3.05, 3.63) is 44.8 Å². The van der Waals surface area contributed by atoms with Gasteiger partial charge >= 0.3 is 18.1 Å². The molecule has 2 rings (SSSR count). The quantitative estimate of drug-likeness (QED) is 0.355. The summed E-state index contributed by atoms with van der Waals surface area (Å²) in [6.07, 6.45) is -4.41. The number of ether oxygens (including phenoxy) is 1. The maximum atomic E-state index is 12.4. The predicted octanol–water partition coefficient (Wildman–Crippen LogP) is 4.48. The minimum Gasteiger partial charge on any atom is -0.507 e. The van der Waals surface area contributed by atoms with Gasteiger partial charge in [-0.15, -0.1) is 11.3 Å². The Morgan fingerprint density at radius 3 is 2.21 bits per heavy atom. The molecular formula is C19H20Cl2F3NO7S2. The van der Waals surface area contributed by atoms with Crippen LogP contribution in [0.15, 0.2) is 28.5 Å². The van der Waals surface area contributed by atoms with Crippen molar-refractivity contribution in [2.75, 3.05) is 27.2 Å². The summed E-state index contributed by atoms with van der Waals surface area (Å²) in [6, 6.07) is 5.35. The van der Waals surface area contributed by atoms with Crippen LogP contribution in [0.25, 0.3) is 0 Å². The molecule has 0 aliphatic carbocycles. The van der Waals surface area contributed by atoms with Gasteiger partial charge in [0.25, 0.3) is 0 Å². The van der Waals surface area contributed by atoms with E-state index < -0.39 is 28.0 Å². The Kier molecular flexibility index (Phi) is 11.1. The molecule has 0 spiro atoms. The average Bonchev–Trinajstić information content (AvgIpc) is 3.04. The number of sulfone groups is 1. The van der Waals surface area contributed by atoms with Crippen molar-refractivity contribution in [2.24, 2.45) is 0 Å². The molecule has 190 valence electrons. The van der Waals surface area contributed by atoms with Crippen molar-refractivity contribution in [2.45, 2.75) is 22.6 Å². The lowest BCUT2D eigenvalue weighted by Crippen LogP contribution is -2.21. The Bertz CT molecular complexity index is 1100. The van der Waals surface area contributed by atoms with E-state index in [1.54, 1.807) is 0 Å². The Morgan fingerprint density at radius 1 is 1.18 bits per heavy atom. The van der Waals surface area contributed by atoms with Crippen molar-refractivity contribution >= 4 is 56.3 Å². The number of phenolic OH excluding ortho intramolecular Hbond substituents is 1. The van der Waals surface area contributed by atoms with Crippen LogP contribution in [0.3, 0.4) is 0 Å². The molecule has 1 heterocycles. The fraction of sp³-hybridized carbons (Fsp3) is 0.368. The van der Waals surface area contributed by atoms with Crippen molar-refractivity contribution in [3.63, 3.8) is 0 Å². The number of benzene rings is 1. The van der Waals surface area contributed by atoms with Crippen LogP contribution in [0.5, 0.6) is 5.75 Å². The number of carbonyl (C=O) groups excluding carboxylic acids is 1. The third-order valence-electron chi connectivity index (χ3n) is 3.79. The fourth-order valence-corrected chi connectivity index (χ4v) is 5.53. The second-order valence-electron chi connectivity index (χ2n) is 6.89. The van der Waals surface area contributed by atoms with E-state index in [0.29, 0.717) is 12.0 Å². The van der Waals surface area contributed by atoms with Gasteiger partial charge in [-0.05, 0) is 44.3 Å². The normalized spacial score (nSPS) is 11.6. The highest BCUT2D eigenvalue weighted by atomic mass is 35.5. The molecule has 0 unspecified atom stereocenters. The SMILES string of the molecule is CN(C)CCCOC(=O)c1ccc(CS(=O)(=O)c2cc(Cl)c(Cl)s2)cc1O.O=C(O)C(F)(F)F. The van der Waals surface area contributed by atoms with E-state index in [1.165, 1.54) is 24.3 Å². The molecule has 15 heteroatoms. The number of nitrogens with zero attached hydrogens (tertiary/aromatic N) is 1. The highest BCUT2D eigenvalue weighted by Gasteiger charge is 2.38. The van der Waals surface area contributed by atoms with Gasteiger partial charge in [-0.25, -0.2) is 18.0 Å². The number of carbonyl (C=O) groups is 2. The van der Waals surface area contributed by atoms with E-state index in [2.05, 4.69) is 0 Å². The standard InChI is InChI=1S/C17H19Cl2NO5S2.C2HF3O2/c1-20(2)6-3-7-25-17(22)12-5-4-11(8-14(12)21)10-27(23,24)15-9-13(18)16(19)26-15;3-2(4,5)1(6)7/h4-5,8-9,21H,3,6-7,10H2,1-2H3;(H,6,7). The maximum absolute atomic E-state index is 12.4. The van der Waals surface area contributed by atoms with Crippen LogP contribution in [0.1, 0.15) is 22.3 Å². The minimum atomic E-state index is -5.08. The van der Waals surface area contributed by atoms with Crippen LogP contribution in [0.4, 0.5) is 13.2 Å². The topological polar surface area (TPSA) is 121 Å². The second kappa shape index (κ2) is 12.6. The van der Waals surface area contributed by atoms with Gasteiger partial charge in [-0.1, -0.05) is 29.3 Å². The van der Waals surface area contributed by atoms with E-state index in [-0.39, 0.29) is 37.2 Å². The van der Waals surface area contributed by atoms with Crippen molar-refractivity contribution in [1.29, 1.82) is 0 Å². The molecule has 0 radical (unpaired) electrons. The van der Waals surface area contributed by atoms with Gasteiger partial charge in [-0.2, -0.15) is 13.2 Å². The Morgan fingerprint density at radius 2 is 1.76 bits per heavy atom. The number of aliphatic carboxylic acids is 1. The molecular weight excluding hydrogens is 546 g/mol. The highest BCUT2D eigenvalue weighted by molar-refractivity contribution is 7.92. The van der Waals surface area contributed by atoms with E-state index in [9.17, 15) is 31.5 Å². The molecule has 34 heavy (non-hydrogen) atoms. The molecule has 0 aliphatic heterocycles. The van der Waals surface area contributed by atoms with Gasteiger partial charge < -0.3 is 19.8 Å². The number of esters is 1. The molecule has 1 aromatic heterocycles. The first-order valence-electron chi connectivity index (χ1n) is 9.16. The van der Waals surface area contributed by atoms with Crippen LogP contribution in [0, 0.1) is 0 Å². The Balaban J connectivity index is 0.000000718. The number of aromatic hydroxyl groups is 1. The number of carboxylic acids is 1. The summed E-state index contributed by atoms with van der Waals surface area (Å²) < 4.78 is 62.0. The first-order chi connectivity index (χ1) is 15.5. The molecule has 0 aliphatic rings. The van der Waals surface area contributed by atoms with Crippen molar-refractivity contribution in [1.82, 2.24) is 4.90 Å². The molecule has 2 aromatic rings. The lowest BCUT2D eigenvalue weighted by Gasteiger charge is -2.10. The van der Waals surface area contributed by atoms with Gasteiger partial charge in [0.15, 0.2) is 9.84 Å². The lowest BCUT2D eigenvalue weighted by molar-refractivity contribution is -0.192. The summed E-state index contributed by atoms with van der Waals surface area (Å²) in [7, 11) is 0.157. The first-order valence-corrected chi connectivity index (χ1v) is 12.4. The van der Waals surface area contributed by atoms with Gasteiger partial charge in [0.1, 0.15) is 19.9 Å². The summed E-state index contributed by atoms with van der Waals surface area (Å²) >= 11 is 12.5. The van der Waals surface area contributed by atoms with Crippen LogP contribution in [0.2, 0.25) is 9.36 Å². The smallest absolute Gasteiger partial charge is 0.490 e. The fourth-order valence-electron chi connectivity index (χ4n) is 2.23. The van der Waals surface area contributed by atoms with Gasteiger partial charge in [0, 0.05) is 6.54 Å². The molecule has 8 nitrogen and oxygen atoms in total. The molecule has 2 N–H and O–H groups in total. The third kappa shape index (κ3) is 9.66. The summed E-state index contributed by atoms with van der Waals surface area (Å²) in [4.78, 5) is 22.9. The zero-order chi connectivity index (χ0) is 26.3. The van der Waals surface area contributed by atoms with Crippen LogP contribution in [-0.2, 0) is 25.1 Å². The number of carboxylic acid groups (broad SMARTS) is 1. The van der Waals surface area contributed by atoms with Gasteiger partial charge in [-0.3, -0.25) is 0 Å². The number of hydrogen-bond acceptors (Lipinski definition) is 8. The first kappa shape index (κ1) is 30.0. The van der Waals surface area contributed by atoms with E-state index in [4.69, 9.17) is 37.8 Å². The zero-order valence-corrected chi connectivity index (χ0v) is 20.9. The highest BCUT2D eigenvalue weighted by Crippen LogP contribution is 2.36. The number of phenols is 1. The molecule has 0 bridgehead atoms. The van der Waals surface area contributed by atoms with Gasteiger partial charge in [0.2, 0.25) is 0 Å². The maximum Gasteiger partial charge on any atom is 0.490 e. The summed E-state index contributed by atoms with van der Waals surface area (Å²) in [5.74, 6) is -4.10. The monoisotopic (exact) mass is 565 g/mol. The summed E-state index contributed by atoms with van der Waals surface area (Å²) in [6.45, 7) is 0.999. The second-order valence-corrected chi connectivity index (χ2v) is 11.2. The number of thiophene rings is 1. The van der Waals surface area contributed by atoms with Crippen molar-refractivity contribution < 1.29 is 46.1 Å². The summed E-state index contributed by atoms with van der Waals surface area (Å²) in [5, 5.41) is 17.4. The lowest BCUT2D eigenvalue weighted by atomic mass is 10.1. The number of alkyl halides is 3. The van der Waals surface area contributed by atoms with Crippen LogP contribution < -0.4 is 0 Å². The average molecular weight is 566 g/mol. The molecule has 0 saturated heterocycles.